The highest BCUT2D eigenvalue weighted by Gasteiger charge is 2.19. The lowest BCUT2D eigenvalue weighted by Gasteiger charge is -2.10. The molecule has 5 nitrogen and oxygen atoms in total. The zero-order valence-corrected chi connectivity index (χ0v) is 13.9. The van der Waals surface area contributed by atoms with E-state index in [0.29, 0.717) is 18.1 Å². The van der Waals surface area contributed by atoms with E-state index in [-0.39, 0.29) is 18.6 Å². The maximum absolute atomic E-state index is 12.1. The van der Waals surface area contributed by atoms with E-state index < -0.39 is 0 Å². The van der Waals surface area contributed by atoms with Crippen LogP contribution < -0.4 is 14.8 Å². The van der Waals surface area contributed by atoms with Crippen molar-refractivity contribution in [1.29, 1.82) is 0 Å². The van der Waals surface area contributed by atoms with Gasteiger partial charge in [0.25, 0.3) is 5.91 Å². The van der Waals surface area contributed by atoms with Gasteiger partial charge >= 0.3 is 0 Å². The highest BCUT2D eigenvalue weighted by atomic mass is 16.5. The third-order valence-electron chi connectivity index (χ3n) is 4.09. The van der Waals surface area contributed by atoms with Crippen molar-refractivity contribution in [2.75, 3.05) is 6.61 Å². The quantitative estimate of drug-likeness (QED) is 0.836. The number of amides is 1. The smallest absolute Gasteiger partial charge is 0.287 e. The second-order valence-electron chi connectivity index (χ2n) is 5.91. The standard InChI is InChI=1S/C19H23NO4/c1-2-22-15-7-9-16(10-8-15)23-13-17-11-12-18(24-17)19(21)20-14-5-3-4-6-14/h7-12,14H,2-6,13H2,1H3,(H,20,21). The Balaban J connectivity index is 1.50. The predicted octanol–water partition coefficient (Wildman–Crippen LogP) is 3.93. The van der Waals surface area contributed by atoms with Gasteiger partial charge in [0, 0.05) is 6.04 Å². The van der Waals surface area contributed by atoms with Crippen molar-refractivity contribution in [3.8, 4) is 11.5 Å². The third kappa shape index (κ3) is 4.31. The molecule has 0 saturated heterocycles. The van der Waals surface area contributed by atoms with Crippen LogP contribution in [0, 0.1) is 0 Å². The number of furan rings is 1. The fourth-order valence-electron chi connectivity index (χ4n) is 2.86. The van der Waals surface area contributed by atoms with Gasteiger partial charge in [0.2, 0.25) is 0 Å². The molecule has 1 aromatic heterocycles. The molecule has 1 fully saturated rings. The first-order chi connectivity index (χ1) is 11.7. The minimum Gasteiger partial charge on any atom is -0.494 e. The topological polar surface area (TPSA) is 60.7 Å². The Labute approximate surface area is 141 Å². The molecule has 1 saturated carbocycles. The normalized spacial score (nSPS) is 14.5. The van der Waals surface area contributed by atoms with Crippen LogP contribution in [0.25, 0.3) is 0 Å². The van der Waals surface area contributed by atoms with E-state index in [1.807, 2.05) is 31.2 Å². The van der Waals surface area contributed by atoms with Gasteiger partial charge in [-0.3, -0.25) is 4.79 Å². The summed E-state index contributed by atoms with van der Waals surface area (Å²) >= 11 is 0. The van der Waals surface area contributed by atoms with Crippen molar-refractivity contribution in [2.24, 2.45) is 0 Å². The van der Waals surface area contributed by atoms with Gasteiger partial charge in [-0.1, -0.05) is 12.8 Å². The molecule has 0 radical (unpaired) electrons. The van der Waals surface area contributed by atoms with Crippen LogP contribution in [0.5, 0.6) is 11.5 Å². The summed E-state index contributed by atoms with van der Waals surface area (Å²) in [4.78, 5) is 12.1. The predicted molar refractivity (Wildman–Crippen MR) is 90.4 cm³/mol. The highest BCUT2D eigenvalue weighted by Crippen LogP contribution is 2.20. The molecule has 1 aliphatic carbocycles. The number of hydrogen-bond donors (Lipinski definition) is 1. The van der Waals surface area contributed by atoms with E-state index in [1.165, 1.54) is 12.8 Å². The Morgan fingerprint density at radius 3 is 2.42 bits per heavy atom. The van der Waals surface area contributed by atoms with E-state index in [2.05, 4.69) is 5.32 Å². The Bertz CT molecular complexity index is 656. The molecule has 128 valence electrons. The molecule has 5 heteroatoms. The van der Waals surface area contributed by atoms with Crippen molar-refractivity contribution in [1.82, 2.24) is 5.32 Å². The molecule has 24 heavy (non-hydrogen) atoms. The second-order valence-corrected chi connectivity index (χ2v) is 5.91. The minimum atomic E-state index is -0.144. The molecule has 0 atom stereocenters. The molecule has 0 aliphatic heterocycles. The summed E-state index contributed by atoms with van der Waals surface area (Å²) in [6.45, 7) is 2.87. The van der Waals surface area contributed by atoms with Gasteiger partial charge < -0.3 is 19.2 Å². The van der Waals surface area contributed by atoms with Crippen LogP contribution in [0.2, 0.25) is 0 Å². The molecule has 1 heterocycles. The van der Waals surface area contributed by atoms with Gasteiger partial charge in [0.1, 0.15) is 23.9 Å². The maximum Gasteiger partial charge on any atom is 0.287 e. The number of hydrogen-bond acceptors (Lipinski definition) is 4. The van der Waals surface area contributed by atoms with E-state index in [4.69, 9.17) is 13.9 Å². The number of carbonyl (C=O) groups is 1. The van der Waals surface area contributed by atoms with Crippen molar-refractivity contribution < 1.29 is 18.7 Å². The lowest BCUT2D eigenvalue weighted by molar-refractivity contribution is 0.0905. The fraction of sp³-hybridized carbons (Fsp3) is 0.421. The van der Waals surface area contributed by atoms with Crippen LogP contribution >= 0.6 is 0 Å². The monoisotopic (exact) mass is 329 g/mol. The highest BCUT2D eigenvalue weighted by molar-refractivity contribution is 5.91. The summed E-state index contributed by atoms with van der Waals surface area (Å²) in [5.74, 6) is 2.36. The van der Waals surface area contributed by atoms with E-state index >= 15 is 0 Å². The summed E-state index contributed by atoms with van der Waals surface area (Å²) in [7, 11) is 0. The lowest BCUT2D eigenvalue weighted by atomic mass is 10.2. The Kier molecular flexibility index (Phi) is 5.41. The van der Waals surface area contributed by atoms with Gasteiger partial charge in [-0.2, -0.15) is 0 Å². The van der Waals surface area contributed by atoms with Crippen molar-refractivity contribution in [3.63, 3.8) is 0 Å². The molecule has 1 N–H and O–H groups in total. The van der Waals surface area contributed by atoms with Crippen molar-refractivity contribution in [2.45, 2.75) is 45.3 Å². The molecular weight excluding hydrogens is 306 g/mol. The molecule has 0 bridgehead atoms. The summed E-state index contributed by atoms with van der Waals surface area (Å²) in [6, 6.07) is 11.2. The van der Waals surface area contributed by atoms with Crippen molar-refractivity contribution >= 4 is 5.91 Å². The number of rotatable bonds is 7. The summed E-state index contributed by atoms with van der Waals surface area (Å²) < 4.78 is 16.6. The summed E-state index contributed by atoms with van der Waals surface area (Å²) in [5.41, 5.74) is 0. The van der Waals surface area contributed by atoms with Gasteiger partial charge in [0.05, 0.1) is 6.61 Å². The summed E-state index contributed by atoms with van der Waals surface area (Å²) in [5, 5.41) is 3.01. The van der Waals surface area contributed by atoms with Gasteiger partial charge in [-0.05, 0) is 56.2 Å². The van der Waals surface area contributed by atoms with Crippen molar-refractivity contribution in [3.05, 3.63) is 47.9 Å². The number of benzene rings is 1. The molecule has 3 rings (SSSR count). The fourth-order valence-corrected chi connectivity index (χ4v) is 2.86. The zero-order chi connectivity index (χ0) is 16.8. The molecule has 2 aromatic rings. The number of nitrogens with one attached hydrogen (secondary N) is 1. The van der Waals surface area contributed by atoms with Crippen LogP contribution in [0.1, 0.15) is 48.9 Å². The summed E-state index contributed by atoms with van der Waals surface area (Å²) in [6.07, 6.45) is 4.48. The first-order valence-electron chi connectivity index (χ1n) is 8.50. The van der Waals surface area contributed by atoms with Crippen LogP contribution in [0.4, 0.5) is 0 Å². The Morgan fingerprint density at radius 2 is 1.75 bits per heavy atom. The number of ether oxygens (including phenoxy) is 2. The van der Waals surface area contributed by atoms with E-state index in [0.717, 1.165) is 24.3 Å². The SMILES string of the molecule is CCOc1ccc(OCc2ccc(C(=O)NC3CCCC3)o2)cc1. The average molecular weight is 329 g/mol. The minimum absolute atomic E-state index is 0.144. The molecular formula is C19H23NO4. The van der Waals surface area contributed by atoms with Gasteiger partial charge in [0.15, 0.2) is 5.76 Å². The maximum atomic E-state index is 12.1. The van der Waals surface area contributed by atoms with Crippen LogP contribution in [0.3, 0.4) is 0 Å². The zero-order valence-electron chi connectivity index (χ0n) is 13.9. The Hall–Kier alpha value is -2.43. The number of carbonyl (C=O) groups excluding carboxylic acids is 1. The average Bonchev–Trinajstić information content (AvgIpc) is 3.26. The molecule has 1 amide bonds. The van der Waals surface area contributed by atoms with Crippen LogP contribution in [0.15, 0.2) is 40.8 Å². The molecule has 0 spiro atoms. The van der Waals surface area contributed by atoms with Gasteiger partial charge in [-0.25, -0.2) is 0 Å². The molecule has 1 aliphatic rings. The van der Waals surface area contributed by atoms with E-state index in [1.54, 1.807) is 12.1 Å². The third-order valence-corrected chi connectivity index (χ3v) is 4.09. The largest absolute Gasteiger partial charge is 0.494 e. The lowest BCUT2D eigenvalue weighted by Crippen LogP contribution is -2.32. The van der Waals surface area contributed by atoms with Gasteiger partial charge in [-0.15, -0.1) is 0 Å². The Morgan fingerprint density at radius 1 is 1.08 bits per heavy atom. The van der Waals surface area contributed by atoms with Crippen LogP contribution in [-0.2, 0) is 6.61 Å². The first-order valence-corrected chi connectivity index (χ1v) is 8.50. The second kappa shape index (κ2) is 7.90. The molecule has 0 unspecified atom stereocenters. The van der Waals surface area contributed by atoms with Crippen LogP contribution in [-0.4, -0.2) is 18.6 Å². The molecule has 1 aromatic carbocycles. The first kappa shape index (κ1) is 16.4. The van der Waals surface area contributed by atoms with E-state index in [9.17, 15) is 4.79 Å².